The van der Waals surface area contributed by atoms with Crippen LogP contribution in [0, 0.1) is 12.7 Å². The zero-order chi connectivity index (χ0) is 15.2. The smallest absolute Gasteiger partial charge is 0.319 e. The molecule has 1 aromatic heterocycles. The van der Waals surface area contributed by atoms with Crippen molar-refractivity contribution in [3.8, 4) is 0 Å². The van der Waals surface area contributed by atoms with Crippen molar-refractivity contribution in [2.45, 2.75) is 19.4 Å². The summed E-state index contributed by atoms with van der Waals surface area (Å²) in [5.74, 6) is -0.338. The third-order valence-electron chi connectivity index (χ3n) is 3.05. The molecule has 112 valence electrons. The maximum Gasteiger partial charge on any atom is 0.319 e. The van der Waals surface area contributed by atoms with Crippen molar-refractivity contribution in [2.75, 3.05) is 11.9 Å². The molecule has 0 saturated carbocycles. The monoisotopic (exact) mass is 308 g/mol. The topological polar surface area (TPSA) is 61.4 Å². The molecule has 3 N–H and O–H groups in total. The van der Waals surface area contributed by atoms with E-state index in [0.717, 1.165) is 4.88 Å². The molecule has 0 unspecified atom stereocenters. The summed E-state index contributed by atoms with van der Waals surface area (Å²) in [7, 11) is 0. The molecule has 1 atom stereocenters. The van der Waals surface area contributed by atoms with Crippen LogP contribution in [-0.2, 0) is 0 Å². The predicted octanol–water partition coefficient (Wildman–Crippen LogP) is 3.44. The van der Waals surface area contributed by atoms with Gasteiger partial charge in [-0.05, 0) is 48.6 Å². The van der Waals surface area contributed by atoms with Crippen molar-refractivity contribution in [1.82, 2.24) is 5.32 Å². The van der Waals surface area contributed by atoms with Gasteiger partial charge >= 0.3 is 6.03 Å². The number of anilines is 1. The number of amides is 2. The van der Waals surface area contributed by atoms with Gasteiger partial charge in [-0.15, -0.1) is 11.3 Å². The molecule has 0 aliphatic rings. The summed E-state index contributed by atoms with van der Waals surface area (Å²) in [4.78, 5) is 13.0. The number of aryl methyl sites for hydroxylation is 1. The minimum absolute atomic E-state index is 0.0155. The Hall–Kier alpha value is -1.92. The largest absolute Gasteiger partial charge is 0.396 e. The first-order chi connectivity index (χ1) is 10.1. The van der Waals surface area contributed by atoms with Crippen molar-refractivity contribution in [3.63, 3.8) is 0 Å². The Kier molecular flexibility index (Phi) is 5.30. The summed E-state index contributed by atoms with van der Waals surface area (Å²) < 4.78 is 13.0. The number of aliphatic hydroxyl groups excluding tert-OH is 1. The van der Waals surface area contributed by atoms with Crippen LogP contribution < -0.4 is 10.6 Å². The van der Waals surface area contributed by atoms with E-state index in [-0.39, 0.29) is 24.5 Å². The number of rotatable bonds is 5. The average molecular weight is 308 g/mol. The molecular weight excluding hydrogens is 291 g/mol. The van der Waals surface area contributed by atoms with E-state index in [2.05, 4.69) is 10.6 Å². The number of nitrogens with one attached hydrogen (secondary N) is 2. The van der Waals surface area contributed by atoms with Crippen molar-refractivity contribution in [2.24, 2.45) is 0 Å². The lowest BCUT2D eigenvalue weighted by molar-refractivity contribution is 0.239. The molecule has 0 spiro atoms. The van der Waals surface area contributed by atoms with Gasteiger partial charge in [0.25, 0.3) is 0 Å². The lowest BCUT2D eigenvalue weighted by Gasteiger charge is -2.17. The molecule has 0 fully saturated rings. The van der Waals surface area contributed by atoms with Crippen LogP contribution in [0.2, 0.25) is 0 Å². The van der Waals surface area contributed by atoms with E-state index in [1.807, 2.05) is 17.5 Å². The Balaban J connectivity index is 2.02. The normalized spacial score (nSPS) is 12.0. The van der Waals surface area contributed by atoms with E-state index in [4.69, 9.17) is 5.11 Å². The molecule has 2 rings (SSSR count). The molecular formula is C15H17FN2O2S. The second kappa shape index (κ2) is 7.19. The minimum Gasteiger partial charge on any atom is -0.396 e. The fraction of sp³-hybridized carbons (Fsp3) is 0.267. The molecule has 2 aromatic rings. The van der Waals surface area contributed by atoms with Crippen LogP contribution in [0.15, 0.2) is 35.7 Å². The summed E-state index contributed by atoms with van der Waals surface area (Å²) in [6, 6.07) is 7.37. The first kappa shape index (κ1) is 15.5. The van der Waals surface area contributed by atoms with Crippen molar-refractivity contribution in [1.29, 1.82) is 0 Å². The maximum absolute atomic E-state index is 13.0. The Labute approximate surface area is 126 Å². The number of aliphatic hydroxyl groups is 1. The first-order valence-electron chi connectivity index (χ1n) is 6.58. The highest BCUT2D eigenvalue weighted by Gasteiger charge is 2.15. The lowest BCUT2D eigenvalue weighted by Crippen LogP contribution is -2.33. The van der Waals surface area contributed by atoms with Crippen LogP contribution in [0.5, 0.6) is 0 Å². The van der Waals surface area contributed by atoms with Crippen LogP contribution in [-0.4, -0.2) is 17.7 Å². The Morgan fingerprint density at radius 1 is 1.43 bits per heavy atom. The van der Waals surface area contributed by atoms with Gasteiger partial charge in [-0.3, -0.25) is 0 Å². The number of carbonyl (C=O) groups is 1. The molecule has 4 nitrogen and oxygen atoms in total. The molecule has 0 bridgehead atoms. The SMILES string of the molecule is Cc1cc(F)ccc1NC(=O)N[C@@H](CCO)c1cccs1. The number of hydrogen-bond donors (Lipinski definition) is 3. The number of hydrogen-bond acceptors (Lipinski definition) is 3. The van der Waals surface area contributed by atoms with Crippen LogP contribution in [0.3, 0.4) is 0 Å². The van der Waals surface area contributed by atoms with Gasteiger partial charge in [-0.2, -0.15) is 0 Å². The highest BCUT2D eigenvalue weighted by molar-refractivity contribution is 7.10. The zero-order valence-corrected chi connectivity index (χ0v) is 12.4. The summed E-state index contributed by atoms with van der Waals surface area (Å²) in [6.45, 7) is 1.71. The third-order valence-corrected chi connectivity index (χ3v) is 4.03. The Morgan fingerprint density at radius 3 is 2.86 bits per heavy atom. The van der Waals surface area contributed by atoms with Gasteiger partial charge in [0.05, 0.1) is 6.04 Å². The van der Waals surface area contributed by atoms with Crippen molar-refractivity contribution < 1.29 is 14.3 Å². The number of benzene rings is 1. The van der Waals surface area contributed by atoms with Crippen molar-refractivity contribution >= 4 is 23.1 Å². The van der Waals surface area contributed by atoms with Crippen molar-refractivity contribution in [3.05, 3.63) is 52.0 Å². The Morgan fingerprint density at radius 2 is 2.24 bits per heavy atom. The molecule has 1 aromatic carbocycles. The van der Waals surface area contributed by atoms with Gasteiger partial charge in [0.1, 0.15) is 5.82 Å². The fourth-order valence-electron chi connectivity index (χ4n) is 1.99. The van der Waals surface area contributed by atoms with Gasteiger partial charge in [-0.1, -0.05) is 6.07 Å². The van der Waals surface area contributed by atoms with E-state index in [1.54, 1.807) is 6.92 Å². The average Bonchev–Trinajstić information content (AvgIpc) is 2.95. The highest BCUT2D eigenvalue weighted by Crippen LogP contribution is 2.22. The van der Waals surface area contributed by atoms with Crippen LogP contribution >= 0.6 is 11.3 Å². The van der Waals surface area contributed by atoms with E-state index in [0.29, 0.717) is 17.7 Å². The van der Waals surface area contributed by atoms with E-state index in [9.17, 15) is 9.18 Å². The Bertz CT molecular complexity index is 602. The molecule has 0 aliphatic heterocycles. The van der Waals surface area contributed by atoms with Gasteiger partial charge in [0, 0.05) is 17.2 Å². The van der Waals surface area contributed by atoms with Gasteiger partial charge in [-0.25, -0.2) is 9.18 Å². The number of carbonyl (C=O) groups excluding carboxylic acids is 1. The quantitative estimate of drug-likeness (QED) is 0.792. The molecule has 6 heteroatoms. The zero-order valence-electron chi connectivity index (χ0n) is 11.6. The van der Waals surface area contributed by atoms with Crippen LogP contribution in [0.4, 0.5) is 14.9 Å². The summed E-state index contributed by atoms with van der Waals surface area (Å²) in [5.41, 5.74) is 1.21. The minimum atomic E-state index is -0.378. The maximum atomic E-state index is 13.0. The molecule has 0 aliphatic carbocycles. The molecule has 21 heavy (non-hydrogen) atoms. The molecule has 0 saturated heterocycles. The second-order valence-corrected chi connectivity index (χ2v) is 5.62. The number of thiophene rings is 1. The first-order valence-corrected chi connectivity index (χ1v) is 7.46. The molecule has 2 amide bonds. The van der Waals surface area contributed by atoms with Gasteiger partial charge < -0.3 is 15.7 Å². The summed E-state index contributed by atoms with van der Waals surface area (Å²) in [6.07, 6.45) is 0.441. The highest BCUT2D eigenvalue weighted by atomic mass is 32.1. The predicted molar refractivity (Wildman–Crippen MR) is 82.1 cm³/mol. The third kappa shape index (κ3) is 4.27. The molecule has 1 heterocycles. The molecule has 0 radical (unpaired) electrons. The second-order valence-electron chi connectivity index (χ2n) is 4.64. The van der Waals surface area contributed by atoms with Crippen LogP contribution in [0.1, 0.15) is 22.9 Å². The lowest BCUT2D eigenvalue weighted by atomic mass is 10.2. The van der Waals surface area contributed by atoms with E-state index in [1.165, 1.54) is 29.5 Å². The van der Waals surface area contributed by atoms with Crippen LogP contribution in [0.25, 0.3) is 0 Å². The summed E-state index contributed by atoms with van der Waals surface area (Å²) in [5, 5.41) is 16.5. The summed E-state index contributed by atoms with van der Waals surface area (Å²) >= 11 is 1.52. The fourth-order valence-corrected chi connectivity index (χ4v) is 2.80. The number of urea groups is 1. The van der Waals surface area contributed by atoms with Gasteiger partial charge in [0.2, 0.25) is 0 Å². The van der Waals surface area contributed by atoms with Gasteiger partial charge in [0.15, 0.2) is 0 Å². The standard InChI is InChI=1S/C15H17FN2O2S/c1-10-9-11(16)4-5-12(10)17-15(20)18-13(6-7-19)14-3-2-8-21-14/h2-5,8-9,13,19H,6-7H2,1H3,(H2,17,18,20)/t13-/m0/s1. The van der Waals surface area contributed by atoms with E-state index < -0.39 is 0 Å². The van der Waals surface area contributed by atoms with E-state index >= 15 is 0 Å². The number of halogens is 1.